The molecular weight excluding hydrogens is 457 g/mol. The first-order valence-corrected chi connectivity index (χ1v) is 12.1. The Kier molecular flexibility index (Phi) is 5.37. The molecule has 7 nitrogen and oxygen atoms in total. The van der Waals surface area contributed by atoms with Gasteiger partial charge >= 0.3 is 0 Å². The van der Waals surface area contributed by atoms with E-state index >= 15 is 0 Å². The van der Waals surface area contributed by atoms with E-state index in [9.17, 15) is 18.8 Å². The Morgan fingerprint density at radius 3 is 2.62 bits per heavy atom. The molecule has 0 unspecified atom stereocenters. The Morgan fingerprint density at radius 1 is 1.18 bits per heavy atom. The van der Waals surface area contributed by atoms with Gasteiger partial charge in [-0.05, 0) is 44.4 Å². The number of carbonyl (C=O) groups is 3. The van der Waals surface area contributed by atoms with Crippen LogP contribution >= 0.6 is 11.3 Å². The number of ether oxygens (including phenoxy) is 1. The molecule has 9 heteroatoms. The third kappa shape index (κ3) is 3.63. The van der Waals surface area contributed by atoms with E-state index in [1.54, 1.807) is 18.2 Å². The van der Waals surface area contributed by atoms with E-state index in [1.807, 2.05) is 38.3 Å². The lowest BCUT2D eigenvalue weighted by atomic mass is 9.74. The molecule has 34 heavy (non-hydrogen) atoms. The summed E-state index contributed by atoms with van der Waals surface area (Å²) in [7, 11) is 0. The summed E-state index contributed by atoms with van der Waals surface area (Å²) in [5, 5.41) is 7.50. The van der Waals surface area contributed by atoms with Crippen molar-refractivity contribution in [2.24, 2.45) is 11.8 Å². The normalized spacial score (nSPS) is 29.4. The van der Waals surface area contributed by atoms with Crippen molar-refractivity contribution in [1.82, 2.24) is 10.2 Å². The molecule has 3 aliphatic heterocycles. The third-order valence-electron chi connectivity index (χ3n) is 6.46. The number of hydrogen-bond acceptors (Lipinski definition) is 5. The van der Waals surface area contributed by atoms with Crippen LogP contribution in [0.25, 0.3) is 0 Å². The second kappa shape index (κ2) is 8.02. The SMILES string of the molecule is CC(C)(C)NC(=O)[C@H]1N(Cc2cccs2)C(=O)[C@H]2[C@@H](C(=O)Nc3ccccc3F)[C@H]3C=C[C@]21O3. The highest BCUT2D eigenvalue weighted by Crippen LogP contribution is 2.55. The molecule has 4 heterocycles. The van der Waals surface area contributed by atoms with Gasteiger partial charge in [0.15, 0.2) is 0 Å². The lowest BCUT2D eigenvalue weighted by Crippen LogP contribution is -2.57. The van der Waals surface area contributed by atoms with Crippen LogP contribution < -0.4 is 10.6 Å². The van der Waals surface area contributed by atoms with Crippen molar-refractivity contribution in [1.29, 1.82) is 0 Å². The Morgan fingerprint density at radius 2 is 1.94 bits per heavy atom. The average Bonchev–Trinajstić information content (AvgIpc) is 3.51. The maximum atomic E-state index is 14.2. The molecule has 178 valence electrons. The van der Waals surface area contributed by atoms with Gasteiger partial charge in [-0.1, -0.05) is 30.4 Å². The quantitative estimate of drug-likeness (QED) is 0.640. The predicted molar refractivity (Wildman–Crippen MR) is 125 cm³/mol. The van der Waals surface area contributed by atoms with E-state index in [4.69, 9.17) is 4.74 Å². The number of anilines is 1. The molecule has 2 fully saturated rings. The number of rotatable bonds is 5. The van der Waals surface area contributed by atoms with Gasteiger partial charge in [-0.25, -0.2) is 4.39 Å². The number of benzene rings is 1. The van der Waals surface area contributed by atoms with E-state index in [0.29, 0.717) is 0 Å². The highest BCUT2D eigenvalue weighted by molar-refractivity contribution is 7.09. The van der Waals surface area contributed by atoms with Gasteiger partial charge in [0.2, 0.25) is 17.7 Å². The van der Waals surface area contributed by atoms with Crippen LogP contribution in [0.1, 0.15) is 25.6 Å². The van der Waals surface area contributed by atoms with Crippen molar-refractivity contribution in [2.75, 3.05) is 5.32 Å². The summed E-state index contributed by atoms with van der Waals surface area (Å²) >= 11 is 1.49. The molecule has 1 aromatic carbocycles. The molecule has 1 spiro atoms. The Hall–Kier alpha value is -3.04. The molecule has 0 aliphatic carbocycles. The van der Waals surface area contributed by atoms with Gasteiger partial charge < -0.3 is 20.3 Å². The number of thiophene rings is 1. The van der Waals surface area contributed by atoms with E-state index in [-0.39, 0.29) is 24.0 Å². The summed E-state index contributed by atoms with van der Waals surface area (Å²) in [4.78, 5) is 43.1. The highest BCUT2D eigenvalue weighted by Gasteiger charge is 2.72. The summed E-state index contributed by atoms with van der Waals surface area (Å²) in [6.07, 6.45) is 2.82. The Labute approximate surface area is 201 Å². The minimum Gasteiger partial charge on any atom is -0.359 e. The largest absolute Gasteiger partial charge is 0.359 e. The second-order valence-corrected chi connectivity index (χ2v) is 11.0. The number of amides is 3. The smallest absolute Gasteiger partial charge is 0.246 e. The van der Waals surface area contributed by atoms with Crippen LogP contribution in [-0.4, -0.2) is 45.9 Å². The molecule has 1 aromatic heterocycles. The number of nitrogens with one attached hydrogen (secondary N) is 2. The molecule has 5 rings (SSSR count). The molecule has 0 saturated carbocycles. The van der Waals surface area contributed by atoms with E-state index in [2.05, 4.69) is 10.6 Å². The number of fused-ring (bicyclic) bond motifs is 1. The van der Waals surface area contributed by atoms with Crippen molar-refractivity contribution in [3.05, 3.63) is 64.6 Å². The van der Waals surface area contributed by atoms with Crippen LogP contribution in [-0.2, 0) is 25.7 Å². The fourth-order valence-corrected chi connectivity index (χ4v) is 5.93. The van der Waals surface area contributed by atoms with Gasteiger partial charge in [-0.2, -0.15) is 0 Å². The van der Waals surface area contributed by atoms with Gasteiger partial charge in [0.25, 0.3) is 0 Å². The summed E-state index contributed by atoms with van der Waals surface area (Å²) in [6, 6.07) is 8.73. The van der Waals surface area contributed by atoms with Gasteiger partial charge in [0.1, 0.15) is 17.5 Å². The summed E-state index contributed by atoms with van der Waals surface area (Å²) in [6.45, 7) is 5.84. The zero-order valence-electron chi connectivity index (χ0n) is 19.1. The lowest BCUT2D eigenvalue weighted by molar-refractivity contribution is -0.142. The Bertz CT molecular complexity index is 1180. The van der Waals surface area contributed by atoms with Crippen molar-refractivity contribution in [2.45, 2.75) is 50.6 Å². The fraction of sp³-hybridized carbons (Fsp3) is 0.400. The predicted octanol–water partition coefficient (Wildman–Crippen LogP) is 3.09. The van der Waals surface area contributed by atoms with Crippen LogP contribution in [0, 0.1) is 17.7 Å². The molecule has 2 bridgehead atoms. The minimum atomic E-state index is -1.26. The molecule has 0 radical (unpaired) electrons. The topological polar surface area (TPSA) is 87.7 Å². The van der Waals surface area contributed by atoms with Crippen LogP contribution in [0.5, 0.6) is 0 Å². The molecule has 2 N–H and O–H groups in total. The molecule has 2 aromatic rings. The van der Waals surface area contributed by atoms with Gasteiger partial charge in [-0.3, -0.25) is 14.4 Å². The highest BCUT2D eigenvalue weighted by atomic mass is 32.1. The standard InChI is InChI=1S/C25H26FN3O4S/c1-24(2,3)28-22(31)20-25-11-10-17(33-25)18(21(30)27-16-9-5-4-8-15(16)26)19(25)23(32)29(20)13-14-7-6-12-34-14/h4-12,17-20H,13H2,1-3H3,(H,27,30)(H,28,31)/t17-,18+,19-,20-,25+/m1/s1. The zero-order valence-corrected chi connectivity index (χ0v) is 19.9. The number of para-hydroxylation sites is 1. The van der Waals surface area contributed by atoms with E-state index < -0.39 is 46.8 Å². The molecule has 3 aliphatic rings. The van der Waals surface area contributed by atoms with Crippen LogP contribution in [0.4, 0.5) is 10.1 Å². The summed E-state index contributed by atoms with van der Waals surface area (Å²) < 4.78 is 20.4. The number of hydrogen-bond donors (Lipinski definition) is 2. The summed E-state index contributed by atoms with van der Waals surface area (Å²) in [5.74, 6) is -3.49. The van der Waals surface area contributed by atoms with Crippen molar-refractivity contribution >= 4 is 34.7 Å². The number of likely N-dealkylation sites (tertiary alicyclic amines) is 1. The van der Waals surface area contributed by atoms with Crippen LogP contribution in [0.2, 0.25) is 0 Å². The maximum absolute atomic E-state index is 14.2. The van der Waals surface area contributed by atoms with E-state index in [1.165, 1.54) is 34.4 Å². The van der Waals surface area contributed by atoms with E-state index in [0.717, 1.165) is 4.88 Å². The first kappa shape index (κ1) is 22.7. The fourth-order valence-electron chi connectivity index (χ4n) is 5.22. The molecule has 3 amide bonds. The third-order valence-corrected chi connectivity index (χ3v) is 7.32. The van der Waals surface area contributed by atoms with Crippen molar-refractivity contribution in [3.63, 3.8) is 0 Å². The molecular formula is C25H26FN3O4S. The second-order valence-electron chi connectivity index (χ2n) is 9.95. The average molecular weight is 484 g/mol. The molecule has 5 atom stereocenters. The Balaban J connectivity index is 1.51. The van der Waals surface area contributed by atoms with Gasteiger partial charge in [0.05, 0.1) is 30.2 Å². The first-order chi connectivity index (χ1) is 16.1. The number of halogens is 1. The van der Waals surface area contributed by atoms with Gasteiger partial charge in [-0.15, -0.1) is 11.3 Å². The van der Waals surface area contributed by atoms with Crippen LogP contribution in [0.15, 0.2) is 53.9 Å². The van der Waals surface area contributed by atoms with Crippen molar-refractivity contribution in [3.8, 4) is 0 Å². The maximum Gasteiger partial charge on any atom is 0.246 e. The lowest BCUT2D eigenvalue weighted by Gasteiger charge is -2.34. The summed E-state index contributed by atoms with van der Waals surface area (Å²) in [5.41, 5.74) is -1.74. The number of nitrogens with zero attached hydrogens (tertiary/aromatic N) is 1. The number of carbonyl (C=O) groups excluding carboxylic acids is 3. The first-order valence-electron chi connectivity index (χ1n) is 11.2. The van der Waals surface area contributed by atoms with Gasteiger partial charge in [0, 0.05) is 10.4 Å². The molecule has 2 saturated heterocycles. The van der Waals surface area contributed by atoms with Crippen LogP contribution in [0.3, 0.4) is 0 Å². The minimum absolute atomic E-state index is 0.0382. The monoisotopic (exact) mass is 483 g/mol. The van der Waals surface area contributed by atoms with Crippen molar-refractivity contribution < 1.29 is 23.5 Å². The zero-order chi connectivity index (χ0) is 24.3.